The highest BCUT2D eigenvalue weighted by Gasteiger charge is 2.09. The number of carbonyl (C=O) groups excluding carboxylic acids is 2. The van der Waals surface area contributed by atoms with Crippen molar-refractivity contribution < 1.29 is 14.3 Å². The lowest BCUT2D eigenvalue weighted by atomic mass is 10.3. The van der Waals surface area contributed by atoms with Gasteiger partial charge in [0.25, 0.3) is 0 Å². The Morgan fingerprint density at radius 3 is 3.06 bits per heavy atom. The molecule has 0 aliphatic carbocycles. The number of aromatic nitrogens is 1. The fourth-order valence-electron chi connectivity index (χ4n) is 1.06. The van der Waals surface area contributed by atoms with Crippen molar-refractivity contribution in [3.63, 3.8) is 0 Å². The Bertz CT molecular complexity index is 448. The van der Waals surface area contributed by atoms with Crippen molar-refractivity contribution in [3.05, 3.63) is 11.1 Å². The zero-order chi connectivity index (χ0) is 12.7. The maximum absolute atomic E-state index is 11.2. The average molecular weight is 252 g/mol. The number of hydrogen-bond donors (Lipinski definition) is 1. The number of rotatable bonds is 5. The van der Waals surface area contributed by atoms with Crippen LogP contribution in [-0.2, 0) is 20.7 Å². The van der Waals surface area contributed by atoms with Crippen molar-refractivity contribution in [1.82, 2.24) is 4.98 Å². The average Bonchev–Trinajstić information content (AvgIpc) is 2.66. The maximum Gasteiger partial charge on any atom is 0.311 e. The Morgan fingerprint density at radius 2 is 2.41 bits per heavy atom. The van der Waals surface area contributed by atoms with Gasteiger partial charge in [-0.05, 0) is 6.92 Å². The number of amides is 1. The van der Waals surface area contributed by atoms with Gasteiger partial charge < -0.3 is 10.1 Å². The number of carbonyl (C=O) groups is 2. The smallest absolute Gasteiger partial charge is 0.311 e. The third kappa shape index (κ3) is 4.66. The van der Waals surface area contributed by atoms with Crippen molar-refractivity contribution in [2.24, 2.45) is 0 Å². The second-order valence-electron chi connectivity index (χ2n) is 3.05. The molecule has 0 spiro atoms. The standard InChI is InChI=1S/C11H12N2O3S/c1-3-5-9(14)13-11-12-8(7-17-11)6-10(15)16-4-2/h1,7H,4-6H2,2H3,(H,12,13,14). The second-order valence-corrected chi connectivity index (χ2v) is 3.91. The quantitative estimate of drug-likeness (QED) is 0.631. The summed E-state index contributed by atoms with van der Waals surface area (Å²) in [6, 6.07) is 0. The van der Waals surface area contributed by atoms with Crippen LogP contribution in [0.2, 0.25) is 0 Å². The van der Waals surface area contributed by atoms with Gasteiger partial charge in [-0.25, -0.2) is 4.98 Å². The first-order valence-corrected chi connectivity index (χ1v) is 5.87. The van der Waals surface area contributed by atoms with E-state index in [1.807, 2.05) is 0 Å². The first kappa shape index (κ1) is 13.2. The largest absolute Gasteiger partial charge is 0.466 e. The van der Waals surface area contributed by atoms with Gasteiger partial charge in [0.15, 0.2) is 5.13 Å². The summed E-state index contributed by atoms with van der Waals surface area (Å²) < 4.78 is 4.79. The molecular weight excluding hydrogens is 240 g/mol. The predicted molar refractivity (Wildman–Crippen MR) is 64.5 cm³/mol. The second kappa shape index (κ2) is 6.66. The fourth-order valence-corrected chi connectivity index (χ4v) is 1.79. The molecule has 1 heterocycles. The Labute approximate surface area is 103 Å². The molecule has 90 valence electrons. The van der Waals surface area contributed by atoms with Crippen molar-refractivity contribution >= 4 is 28.3 Å². The van der Waals surface area contributed by atoms with Crippen LogP contribution in [0.5, 0.6) is 0 Å². The molecule has 0 fully saturated rings. The van der Waals surface area contributed by atoms with E-state index in [4.69, 9.17) is 11.2 Å². The van der Waals surface area contributed by atoms with Crippen molar-refractivity contribution in [3.8, 4) is 12.3 Å². The third-order valence-electron chi connectivity index (χ3n) is 1.69. The highest BCUT2D eigenvalue weighted by Crippen LogP contribution is 2.16. The number of terminal acetylenes is 1. The summed E-state index contributed by atoms with van der Waals surface area (Å²) in [6.07, 6.45) is 5.11. The molecule has 0 saturated heterocycles. The summed E-state index contributed by atoms with van der Waals surface area (Å²) in [5, 5.41) is 4.67. The minimum Gasteiger partial charge on any atom is -0.466 e. The van der Waals surface area contributed by atoms with E-state index in [9.17, 15) is 9.59 Å². The minimum absolute atomic E-state index is 0.00674. The lowest BCUT2D eigenvalue weighted by Gasteiger charge is -1.98. The predicted octanol–water partition coefficient (Wildman–Crippen LogP) is 1.21. The van der Waals surface area contributed by atoms with Gasteiger partial charge in [-0.2, -0.15) is 0 Å². The van der Waals surface area contributed by atoms with Crippen LogP contribution < -0.4 is 5.32 Å². The van der Waals surface area contributed by atoms with Crippen molar-refractivity contribution in [1.29, 1.82) is 0 Å². The van der Waals surface area contributed by atoms with Gasteiger partial charge >= 0.3 is 5.97 Å². The highest BCUT2D eigenvalue weighted by atomic mass is 32.1. The highest BCUT2D eigenvalue weighted by molar-refractivity contribution is 7.13. The van der Waals surface area contributed by atoms with E-state index >= 15 is 0 Å². The zero-order valence-electron chi connectivity index (χ0n) is 9.36. The van der Waals surface area contributed by atoms with Crippen LogP contribution in [0.15, 0.2) is 5.38 Å². The molecule has 0 radical (unpaired) electrons. The summed E-state index contributed by atoms with van der Waals surface area (Å²) in [4.78, 5) is 26.4. The fraction of sp³-hybridized carbons (Fsp3) is 0.364. The monoisotopic (exact) mass is 252 g/mol. The van der Waals surface area contributed by atoms with E-state index in [0.717, 1.165) is 0 Å². The number of ether oxygens (including phenoxy) is 1. The van der Waals surface area contributed by atoms with Gasteiger partial charge in [0, 0.05) is 5.38 Å². The first-order chi connectivity index (χ1) is 8.15. The molecule has 6 heteroatoms. The topological polar surface area (TPSA) is 68.3 Å². The van der Waals surface area contributed by atoms with E-state index in [1.165, 1.54) is 11.3 Å². The summed E-state index contributed by atoms with van der Waals surface area (Å²) in [5.41, 5.74) is 0.574. The van der Waals surface area contributed by atoms with E-state index in [0.29, 0.717) is 17.4 Å². The Balaban J connectivity index is 2.51. The third-order valence-corrected chi connectivity index (χ3v) is 2.50. The van der Waals surface area contributed by atoms with Crippen LogP contribution in [0.25, 0.3) is 0 Å². The number of hydrogen-bond acceptors (Lipinski definition) is 5. The van der Waals surface area contributed by atoms with Gasteiger partial charge in [-0.1, -0.05) is 5.92 Å². The summed E-state index contributed by atoms with van der Waals surface area (Å²) in [5.74, 6) is 1.61. The van der Waals surface area contributed by atoms with Crippen LogP contribution in [0, 0.1) is 12.3 Å². The van der Waals surface area contributed by atoms with Gasteiger partial charge in [0.05, 0.1) is 25.1 Å². The molecule has 17 heavy (non-hydrogen) atoms. The van der Waals surface area contributed by atoms with Gasteiger partial charge in [-0.15, -0.1) is 17.8 Å². The lowest BCUT2D eigenvalue weighted by Crippen LogP contribution is -2.10. The van der Waals surface area contributed by atoms with E-state index in [-0.39, 0.29) is 24.7 Å². The lowest BCUT2D eigenvalue weighted by molar-refractivity contribution is -0.142. The minimum atomic E-state index is -0.334. The molecular formula is C11H12N2O3S. The molecule has 0 bridgehead atoms. The van der Waals surface area contributed by atoms with Crippen molar-refractivity contribution in [2.45, 2.75) is 19.8 Å². The number of esters is 1. The van der Waals surface area contributed by atoms with E-state index < -0.39 is 0 Å². The summed E-state index contributed by atoms with van der Waals surface area (Å²) >= 11 is 1.24. The number of nitrogens with zero attached hydrogens (tertiary/aromatic N) is 1. The summed E-state index contributed by atoms with van der Waals surface area (Å²) in [7, 11) is 0. The molecule has 0 saturated carbocycles. The molecule has 0 aliphatic rings. The van der Waals surface area contributed by atoms with E-state index in [2.05, 4.69) is 16.2 Å². The normalized spacial score (nSPS) is 9.41. The molecule has 5 nitrogen and oxygen atoms in total. The molecule has 1 amide bonds. The molecule has 1 rings (SSSR count). The maximum atomic E-state index is 11.2. The molecule has 0 atom stereocenters. The van der Waals surface area contributed by atoms with Gasteiger partial charge in [-0.3, -0.25) is 9.59 Å². The zero-order valence-corrected chi connectivity index (χ0v) is 10.2. The van der Waals surface area contributed by atoms with Crippen LogP contribution >= 0.6 is 11.3 Å². The molecule has 0 aliphatic heterocycles. The Morgan fingerprint density at radius 1 is 1.65 bits per heavy atom. The van der Waals surface area contributed by atoms with Gasteiger partial charge in [0.2, 0.25) is 5.91 Å². The first-order valence-electron chi connectivity index (χ1n) is 4.99. The number of thiazole rings is 1. The molecule has 0 unspecified atom stereocenters. The SMILES string of the molecule is C#CCC(=O)Nc1nc(CC(=O)OCC)cs1. The number of anilines is 1. The van der Waals surface area contributed by atoms with Crippen LogP contribution in [0.3, 0.4) is 0 Å². The Kier molecular flexibility index (Phi) is 5.17. The molecule has 1 aromatic rings. The van der Waals surface area contributed by atoms with Crippen LogP contribution in [0.4, 0.5) is 5.13 Å². The van der Waals surface area contributed by atoms with E-state index in [1.54, 1.807) is 12.3 Å². The van der Waals surface area contributed by atoms with Crippen LogP contribution in [0.1, 0.15) is 19.0 Å². The molecule has 1 N–H and O–H groups in total. The molecule has 1 aromatic heterocycles. The molecule has 0 aromatic carbocycles. The van der Waals surface area contributed by atoms with Gasteiger partial charge in [0.1, 0.15) is 0 Å². The van der Waals surface area contributed by atoms with Crippen LogP contribution in [-0.4, -0.2) is 23.5 Å². The summed E-state index contributed by atoms with van der Waals surface area (Å²) in [6.45, 7) is 2.08. The number of nitrogens with one attached hydrogen (secondary N) is 1. The van der Waals surface area contributed by atoms with Crippen molar-refractivity contribution in [2.75, 3.05) is 11.9 Å². The Hall–Kier alpha value is -1.87.